The van der Waals surface area contributed by atoms with Gasteiger partial charge < -0.3 is 19.1 Å². The van der Waals surface area contributed by atoms with Crippen LogP contribution in [0.4, 0.5) is 0 Å². The van der Waals surface area contributed by atoms with Crippen LogP contribution in [0.25, 0.3) is 0 Å². The van der Waals surface area contributed by atoms with E-state index in [4.69, 9.17) is 14.2 Å². The van der Waals surface area contributed by atoms with Crippen molar-refractivity contribution in [2.75, 3.05) is 32.8 Å². The van der Waals surface area contributed by atoms with E-state index in [1.165, 1.54) is 96.6 Å². The van der Waals surface area contributed by atoms with Gasteiger partial charge in [0, 0.05) is 19.3 Å². The normalized spacial score (nSPS) is 15.3. The van der Waals surface area contributed by atoms with Crippen LogP contribution in [0.2, 0.25) is 0 Å². The van der Waals surface area contributed by atoms with Crippen LogP contribution in [0.15, 0.2) is 0 Å². The van der Waals surface area contributed by atoms with Gasteiger partial charge in [-0.25, -0.2) is 0 Å². The molecule has 1 saturated heterocycles. The van der Waals surface area contributed by atoms with Crippen molar-refractivity contribution in [3.63, 3.8) is 0 Å². The van der Waals surface area contributed by atoms with Gasteiger partial charge >= 0.3 is 17.9 Å². The first-order valence-corrected chi connectivity index (χ1v) is 25.6. The predicted octanol–water partition coefficient (Wildman–Crippen LogP) is 14.5. The van der Waals surface area contributed by atoms with Crippen molar-refractivity contribution < 1.29 is 28.6 Å². The molecule has 0 aromatic carbocycles. The van der Waals surface area contributed by atoms with Gasteiger partial charge in [-0.1, -0.05) is 139 Å². The maximum absolute atomic E-state index is 12.9. The smallest absolute Gasteiger partial charge is 0.306 e. The quantitative estimate of drug-likeness (QED) is 0.0346. The lowest BCUT2D eigenvalue weighted by Gasteiger charge is -2.26. The molecule has 348 valence electrons. The summed E-state index contributed by atoms with van der Waals surface area (Å²) in [5.74, 6) is 3.91. The molecule has 1 fully saturated rings. The number of hydrogen-bond donors (Lipinski definition) is 0. The molecule has 0 aromatic heterocycles. The zero-order valence-electron chi connectivity index (χ0n) is 40.5. The molecule has 2 atom stereocenters. The minimum absolute atomic E-state index is 0.0132. The van der Waals surface area contributed by atoms with Gasteiger partial charge in [0.05, 0.1) is 13.2 Å². The third kappa shape index (κ3) is 33.7. The number of esters is 3. The minimum Gasteiger partial charge on any atom is -0.466 e. The lowest BCUT2D eigenvalue weighted by Crippen LogP contribution is -2.31. The first-order valence-electron chi connectivity index (χ1n) is 25.6. The second-order valence-electron chi connectivity index (χ2n) is 20.1. The molecular formula is C52H99NO6. The summed E-state index contributed by atoms with van der Waals surface area (Å²) in [6.07, 6.45) is 30.9. The number of hydrogen-bond acceptors (Lipinski definition) is 7. The van der Waals surface area contributed by atoms with E-state index in [-0.39, 0.29) is 24.0 Å². The molecule has 1 aliphatic heterocycles. The number of rotatable bonds is 39. The van der Waals surface area contributed by atoms with Gasteiger partial charge in [0.25, 0.3) is 0 Å². The monoisotopic (exact) mass is 834 g/mol. The molecule has 0 N–H and O–H groups in total. The van der Waals surface area contributed by atoms with Crippen molar-refractivity contribution in [2.24, 2.45) is 35.5 Å². The van der Waals surface area contributed by atoms with E-state index < -0.39 is 0 Å². The van der Waals surface area contributed by atoms with Crippen LogP contribution in [0.1, 0.15) is 242 Å². The van der Waals surface area contributed by atoms with Gasteiger partial charge in [-0.3, -0.25) is 14.4 Å². The van der Waals surface area contributed by atoms with E-state index in [2.05, 4.69) is 60.3 Å². The molecule has 0 amide bonds. The summed E-state index contributed by atoms with van der Waals surface area (Å²) in [7, 11) is 0. The number of carbonyl (C=O) groups excluding carboxylic acids is 3. The first kappa shape index (κ1) is 55.4. The Hall–Kier alpha value is -1.63. The van der Waals surface area contributed by atoms with Crippen molar-refractivity contribution in [1.29, 1.82) is 0 Å². The van der Waals surface area contributed by atoms with E-state index in [0.29, 0.717) is 56.1 Å². The number of likely N-dealkylation sites (tertiary alicyclic amines) is 1. The molecule has 1 heterocycles. The van der Waals surface area contributed by atoms with Gasteiger partial charge in [0.1, 0.15) is 6.10 Å². The van der Waals surface area contributed by atoms with E-state index in [1.54, 1.807) is 0 Å². The summed E-state index contributed by atoms with van der Waals surface area (Å²) in [5, 5.41) is 0. The van der Waals surface area contributed by atoms with Crippen LogP contribution in [0.5, 0.6) is 0 Å². The highest BCUT2D eigenvalue weighted by molar-refractivity contribution is 5.70. The fraction of sp³-hybridized carbons (Fsp3) is 0.942. The Labute approximate surface area is 366 Å². The average molecular weight is 834 g/mol. The molecule has 1 aliphatic rings. The summed E-state index contributed by atoms with van der Waals surface area (Å²) in [5.41, 5.74) is 0. The number of unbranched alkanes of at least 4 members (excludes halogenated alkanes) is 12. The number of ether oxygens (including phenoxy) is 3. The van der Waals surface area contributed by atoms with E-state index >= 15 is 0 Å². The third-order valence-corrected chi connectivity index (χ3v) is 13.0. The van der Waals surface area contributed by atoms with Crippen molar-refractivity contribution in [3.05, 3.63) is 0 Å². The molecule has 0 spiro atoms. The summed E-state index contributed by atoms with van der Waals surface area (Å²) in [6, 6.07) is 0. The fourth-order valence-corrected chi connectivity index (χ4v) is 8.70. The van der Waals surface area contributed by atoms with Gasteiger partial charge in [0.2, 0.25) is 0 Å². The highest BCUT2D eigenvalue weighted by Gasteiger charge is 2.18. The molecule has 2 unspecified atom stereocenters. The van der Waals surface area contributed by atoms with Crippen molar-refractivity contribution in [1.82, 2.24) is 4.90 Å². The Bertz CT molecular complexity index is 945. The lowest BCUT2D eigenvalue weighted by atomic mass is 9.86. The third-order valence-electron chi connectivity index (χ3n) is 13.0. The van der Waals surface area contributed by atoms with Crippen LogP contribution in [0, 0.1) is 35.5 Å². The van der Waals surface area contributed by atoms with Crippen LogP contribution in [-0.4, -0.2) is 61.8 Å². The van der Waals surface area contributed by atoms with Crippen molar-refractivity contribution in [2.45, 2.75) is 248 Å². The van der Waals surface area contributed by atoms with Crippen LogP contribution < -0.4 is 0 Å². The molecule has 0 aromatic rings. The van der Waals surface area contributed by atoms with Gasteiger partial charge in [-0.05, 0) is 139 Å². The second-order valence-corrected chi connectivity index (χ2v) is 20.1. The molecule has 0 aliphatic carbocycles. The highest BCUT2D eigenvalue weighted by atomic mass is 16.5. The molecule has 0 radical (unpaired) electrons. The Morgan fingerprint density at radius 1 is 0.424 bits per heavy atom. The number of piperidine rings is 1. The topological polar surface area (TPSA) is 82.1 Å². The summed E-state index contributed by atoms with van der Waals surface area (Å²) in [4.78, 5) is 40.0. The molecule has 1 rings (SSSR count). The molecular weight excluding hydrogens is 735 g/mol. The highest BCUT2D eigenvalue weighted by Crippen LogP contribution is 2.25. The maximum Gasteiger partial charge on any atom is 0.306 e. The Kier molecular flexibility index (Phi) is 34.7. The Balaban J connectivity index is 2.25. The molecule has 0 saturated carbocycles. The van der Waals surface area contributed by atoms with Gasteiger partial charge in [-0.2, -0.15) is 0 Å². The molecule has 7 nitrogen and oxygen atoms in total. The molecule has 59 heavy (non-hydrogen) atoms. The standard InChI is InChI=1S/C52H99NO6/c1-43(2)32-34-47(45(5)6)36-41-57-50(54)29-22-17-13-9-11-15-20-27-49(59-52(56)31-26-40-53-38-24-19-25-39-53)28-21-16-12-10-14-18-23-30-51(55)58-42-37-48(46(7)8)35-33-44(3)4/h43-49H,9-42H2,1-8H3. The Morgan fingerprint density at radius 2 is 0.814 bits per heavy atom. The molecule has 7 heteroatoms. The summed E-state index contributed by atoms with van der Waals surface area (Å²) in [6.45, 7) is 22.7. The zero-order chi connectivity index (χ0) is 43.5. The second kappa shape index (κ2) is 37.0. The largest absolute Gasteiger partial charge is 0.466 e. The van der Waals surface area contributed by atoms with Crippen LogP contribution in [-0.2, 0) is 28.6 Å². The predicted molar refractivity (Wildman–Crippen MR) is 248 cm³/mol. The van der Waals surface area contributed by atoms with Crippen LogP contribution >= 0.6 is 0 Å². The SMILES string of the molecule is CC(C)CCC(CCOC(=O)CCCCCCCCCC(CCCCCCCCCC(=O)OCCC(CCC(C)C)C(C)C)OC(=O)CCCN1CCCCC1)C(C)C. The number of nitrogens with zero attached hydrogens (tertiary/aromatic N) is 1. The Morgan fingerprint density at radius 3 is 1.22 bits per heavy atom. The average Bonchev–Trinajstić information content (AvgIpc) is 3.18. The fourth-order valence-electron chi connectivity index (χ4n) is 8.70. The first-order chi connectivity index (χ1) is 28.4. The van der Waals surface area contributed by atoms with Crippen molar-refractivity contribution in [3.8, 4) is 0 Å². The van der Waals surface area contributed by atoms with Crippen LogP contribution in [0.3, 0.4) is 0 Å². The number of carbonyl (C=O) groups is 3. The minimum atomic E-state index is -0.0318. The van der Waals surface area contributed by atoms with Crippen molar-refractivity contribution >= 4 is 17.9 Å². The van der Waals surface area contributed by atoms with Gasteiger partial charge in [-0.15, -0.1) is 0 Å². The van der Waals surface area contributed by atoms with E-state index in [9.17, 15) is 14.4 Å². The van der Waals surface area contributed by atoms with Gasteiger partial charge in [0.15, 0.2) is 0 Å². The zero-order valence-corrected chi connectivity index (χ0v) is 40.5. The summed E-state index contributed by atoms with van der Waals surface area (Å²) < 4.78 is 17.3. The van der Waals surface area contributed by atoms with E-state index in [0.717, 1.165) is 102 Å². The lowest BCUT2D eigenvalue weighted by molar-refractivity contribution is -0.150. The summed E-state index contributed by atoms with van der Waals surface area (Å²) >= 11 is 0. The van der Waals surface area contributed by atoms with E-state index in [1.807, 2.05) is 0 Å². The maximum atomic E-state index is 12.9. The molecule has 0 bridgehead atoms.